The zero-order valence-electron chi connectivity index (χ0n) is 15.9. The lowest BCUT2D eigenvalue weighted by atomic mass is 9.93. The maximum absolute atomic E-state index is 13.3. The SMILES string of the molecule is Cc1cc(C2CCCN(C(=O)c3nn(C)c4ccccc34)C2)n2ncnc2n1. The number of aryl methyl sites for hydroxylation is 2. The van der Waals surface area contributed by atoms with Crippen molar-refractivity contribution in [3.8, 4) is 0 Å². The molecule has 0 N–H and O–H groups in total. The van der Waals surface area contributed by atoms with Crippen LogP contribution < -0.4 is 0 Å². The summed E-state index contributed by atoms with van der Waals surface area (Å²) >= 11 is 0. The van der Waals surface area contributed by atoms with E-state index in [0.29, 0.717) is 18.0 Å². The van der Waals surface area contributed by atoms with Crippen LogP contribution in [0.2, 0.25) is 0 Å². The standard InChI is InChI=1S/C20H21N7O/c1-13-10-17(27-20(23-13)21-12-22-27)14-6-5-9-26(11-14)19(28)18-15-7-3-4-8-16(15)25(2)24-18/h3-4,7-8,10,12,14H,5-6,9,11H2,1-2H3. The van der Waals surface area contributed by atoms with Gasteiger partial charge in [-0.25, -0.2) is 9.50 Å². The lowest BCUT2D eigenvalue weighted by Crippen LogP contribution is -2.40. The van der Waals surface area contributed by atoms with Crippen LogP contribution in [0.4, 0.5) is 0 Å². The van der Waals surface area contributed by atoms with Crippen LogP contribution in [-0.4, -0.2) is 53.3 Å². The van der Waals surface area contributed by atoms with Gasteiger partial charge in [-0.3, -0.25) is 9.48 Å². The van der Waals surface area contributed by atoms with Crippen molar-refractivity contribution in [3.63, 3.8) is 0 Å². The summed E-state index contributed by atoms with van der Waals surface area (Å²) in [5.74, 6) is 0.787. The first kappa shape index (κ1) is 16.9. The summed E-state index contributed by atoms with van der Waals surface area (Å²) in [4.78, 5) is 23.9. The first-order valence-electron chi connectivity index (χ1n) is 9.50. The molecule has 1 aliphatic rings. The average Bonchev–Trinajstić information content (AvgIpc) is 3.32. The fourth-order valence-corrected chi connectivity index (χ4v) is 4.17. The highest BCUT2D eigenvalue weighted by molar-refractivity contribution is 6.04. The van der Waals surface area contributed by atoms with Crippen LogP contribution in [0.25, 0.3) is 16.7 Å². The fraction of sp³-hybridized carbons (Fsp3) is 0.350. The van der Waals surface area contributed by atoms with Crippen LogP contribution in [0.5, 0.6) is 0 Å². The van der Waals surface area contributed by atoms with Crippen LogP contribution in [0, 0.1) is 6.92 Å². The molecule has 142 valence electrons. The van der Waals surface area contributed by atoms with Crippen LogP contribution >= 0.6 is 0 Å². The summed E-state index contributed by atoms with van der Waals surface area (Å²) in [6.45, 7) is 3.34. The second-order valence-corrected chi connectivity index (χ2v) is 7.37. The van der Waals surface area contributed by atoms with Crippen LogP contribution in [-0.2, 0) is 7.05 Å². The Labute approximate surface area is 161 Å². The van der Waals surface area contributed by atoms with Gasteiger partial charge < -0.3 is 4.90 Å². The molecular weight excluding hydrogens is 354 g/mol. The molecule has 4 aromatic rings. The number of hydrogen-bond acceptors (Lipinski definition) is 5. The molecule has 1 unspecified atom stereocenters. The smallest absolute Gasteiger partial charge is 0.275 e. The van der Waals surface area contributed by atoms with E-state index in [0.717, 1.165) is 41.7 Å². The Kier molecular flexibility index (Phi) is 3.85. The van der Waals surface area contributed by atoms with Gasteiger partial charge in [0.05, 0.1) is 11.2 Å². The van der Waals surface area contributed by atoms with Gasteiger partial charge in [0.1, 0.15) is 6.33 Å². The van der Waals surface area contributed by atoms with Crippen molar-refractivity contribution < 1.29 is 4.79 Å². The van der Waals surface area contributed by atoms with Gasteiger partial charge in [0.15, 0.2) is 5.69 Å². The molecule has 0 spiro atoms. The number of fused-ring (bicyclic) bond motifs is 2. The van der Waals surface area contributed by atoms with Gasteiger partial charge in [0.2, 0.25) is 0 Å². The number of rotatable bonds is 2. The van der Waals surface area contributed by atoms with Crippen LogP contribution in [0.15, 0.2) is 36.7 Å². The second kappa shape index (κ2) is 6.40. The molecule has 1 aromatic carbocycles. The Bertz CT molecular complexity index is 1190. The fourth-order valence-electron chi connectivity index (χ4n) is 4.17. The summed E-state index contributed by atoms with van der Waals surface area (Å²) in [7, 11) is 1.87. The first-order chi connectivity index (χ1) is 13.6. The Morgan fingerprint density at radius 1 is 1.25 bits per heavy atom. The van der Waals surface area contributed by atoms with E-state index < -0.39 is 0 Å². The van der Waals surface area contributed by atoms with Gasteiger partial charge in [0.25, 0.3) is 11.7 Å². The van der Waals surface area contributed by atoms with Crippen molar-refractivity contribution in [2.24, 2.45) is 7.05 Å². The Morgan fingerprint density at radius 2 is 2.11 bits per heavy atom. The molecule has 0 bridgehead atoms. The number of para-hydroxylation sites is 1. The highest BCUT2D eigenvalue weighted by Gasteiger charge is 2.29. The van der Waals surface area contributed by atoms with E-state index in [9.17, 15) is 4.79 Å². The molecule has 1 amide bonds. The maximum atomic E-state index is 13.3. The van der Waals surface area contributed by atoms with Gasteiger partial charge in [-0.1, -0.05) is 18.2 Å². The zero-order chi connectivity index (χ0) is 19.3. The van der Waals surface area contributed by atoms with Gasteiger partial charge in [-0.2, -0.15) is 15.2 Å². The minimum absolute atomic E-state index is 0.0119. The molecule has 3 aromatic heterocycles. The number of carbonyl (C=O) groups is 1. The summed E-state index contributed by atoms with van der Waals surface area (Å²) in [5.41, 5.74) is 3.46. The maximum Gasteiger partial charge on any atom is 0.275 e. The molecule has 1 aliphatic heterocycles. The van der Waals surface area contributed by atoms with Crippen LogP contribution in [0.3, 0.4) is 0 Å². The van der Waals surface area contributed by atoms with Crippen molar-refractivity contribution in [3.05, 3.63) is 53.7 Å². The molecule has 1 fully saturated rings. The van der Waals surface area contributed by atoms with E-state index in [2.05, 4.69) is 26.2 Å². The number of nitrogens with zero attached hydrogens (tertiary/aromatic N) is 7. The summed E-state index contributed by atoms with van der Waals surface area (Å²) < 4.78 is 3.57. The summed E-state index contributed by atoms with van der Waals surface area (Å²) in [5, 5.41) is 9.74. The van der Waals surface area contributed by atoms with Gasteiger partial charge in [0, 0.05) is 37.1 Å². The molecule has 0 saturated carbocycles. The number of hydrogen-bond donors (Lipinski definition) is 0. The Morgan fingerprint density at radius 3 is 3.00 bits per heavy atom. The third kappa shape index (κ3) is 2.64. The minimum atomic E-state index is -0.0119. The lowest BCUT2D eigenvalue weighted by molar-refractivity contribution is 0.0700. The van der Waals surface area contributed by atoms with Crippen molar-refractivity contribution in [2.45, 2.75) is 25.7 Å². The van der Waals surface area contributed by atoms with Gasteiger partial charge >= 0.3 is 0 Å². The number of amides is 1. The van der Waals surface area contributed by atoms with Gasteiger partial charge in [-0.15, -0.1) is 0 Å². The highest BCUT2D eigenvalue weighted by Crippen LogP contribution is 2.29. The first-order valence-corrected chi connectivity index (χ1v) is 9.50. The van der Waals surface area contributed by atoms with Crippen molar-refractivity contribution in [1.29, 1.82) is 0 Å². The molecule has 5 rings (SSSR count). The lowest BCUT2D eigenvalue weighted by Gasteiger charge is -2.32. The zero-order valence-corrected chi connectivity index (χ0v) is 15.9. The number of piperidine rings is 1. The molecule has 1 saturated heterocycles. The molecule has 8 heteroatoms. The molecule has 28 heavy (non-hydrogen) atoms. The Hall–Kier alpha value is -3.29. The average molecular weight is 375 g/mol. The van der Waals surface area contributed by atoms with Crippen molar-refractivity contribution in [2.75, 3.05) is 13.1 Å². The number of likely N-dealkylation sites (tertiary alicyclic amines) is 1. The molecule has 0 aliphatic carbocycles. The third-order valence-corrected chi connectivity index (χ3v) is 5.49. The molecular formula is C20H21N7O. The molecule has 4 heterocycles. The van der Waals surface area contributed by atoms with Gasteiger partial charge in [-0.05, 0) is 31.9 Å². The summed E-state index contributed by atoms with van der Waals surface area (Å²) in [6.07, 6.45) is 3.47. The minimum Gasteiger partial charge on any atom is -0.337 e. The topological polar surface area (TPSA) is 81.2 Å². The molecule has 1 atom stereocenters. The normalized spacial score (nSPS) is 17.5. The number of aromatic nitrogens is 6. The van der Waals surface area contributed by atoms with E-state index in [4.69, 9.17) is 0 Å². The number of carbonyl (C=O) groups excluding carboxylic acids is 1. The Balaban J connectivity index is 1.48. The predicted molar refractivity (Wildman–Crippen MR) is 104 cm³/mol. The monoisotopic (exact) mass is 375 g/mol. The highest BCUT2D eigenvalue weighted by atomic mass is 16.2. The van der Waals surface area contributed by atoms with E-state index in [1.54, 1.807) is 9.20 Å². The van der Waals surface area contributed by atoms with E-state index in [1.807, 2.05) is 43.1 Å². The van der Waals surface area contributed by atoms with E-state index in [1.165, 1.54) is 6.33 Å². The second-order valence-electron chi connectivity index (χ2n) is 7.37. The third-order valence-electron chi connectivity index (χ3n) is 5.49. The van der Waals surface area contributed by atoms with Crippen molar-refractivity contribution >= 4 is 22.6 Å². The van der Waals surface area contributed by atoms with E-state index >= 15 is 0 Å². The molecule has 8 nitrogen and oxygen atoms in total. The predicted octanol–water partition coefficient (Wildman–Crippen LogP) is 2.34. The van der Waals surface area contributed by atoms with Crippen molar-refractivity contribution in [1.82, 2.24) is 34.3 Å². The quantitative estimate of drug-likeness (QED) is 0.537. The number of benzene rings is 1. The van der Waals surface area contributed by atoms with Crippen LogP contribution in [0.1, 0.15) is 40.6 Å². The summed E-state index contributed by atoms with van der Waals surface area (Å²) in [6, 6.07) is 9.91. The van der Waals surface area contributed by atoms with E-state index in [-0.39, 0.29) is 11.8 Å². The largest absolute Gasteiger partial charge is 0.337 e. The molecule has 0 radical (unpaired) electrons.